The van der Waals surface area contributed by atoms with Gasteiger partial charge >= 0.3 is 0 Å². The van der Waals surface area contributed by atoms with E-state index in [0.717, 1.165) is 11.3 Å². The number of nitrogens with zero attached hydrogens (tertiary/aromatic N) is 2. The lowest BCUT2D eigenvalue weighted by Gasteiger charge is -2.16. The number of amides is 1. The summed E-state index contributed by atoms with van der Waals surface area (Å²) in [6.45, 7) is 3.98. The second-order valence-corrected chi connectivity index (χ2v) is 6.69. The first-order chi connectivity index (χ1) is 11.5. The molecule has 1 heterocycles. The summed E-state index contributed by atoms with van der Waals surface area (Å²) >= 11 is 1.37. The number of phenols is 1. The second-order valence-electron chi connectivity index (χ2n) is 5.68. The maximum atomic E-state index is 12.9. The normalized spacial score (nSPS) is 18.1. The van der Waals surface area contributed by atoms with E-state index in [4.69, 9.17) is 0 Å². The molecule has 3 rings (SSSR count). The van der Waals surface area contributed by atoms with Crippen LogP contribution < -0.4 is 4.90 Å². The number of anilines is 1. The van der Waals surface area contributed by atoms with Gasteiger partial charge in [0, 0.05) is 6.04 Å². The number of aliphatic imine (C=N–C) groups is 1. The van der Waals surface area contributed by atoms with Crippen molar-refractivity contribution in [3.05, 3.63) is 65.1 Å². The van der Waals surface area contributed by atoms with Gasteiger partial charge in [-0.05, 0) is 61.5 Å². The zero-order chi connectivity index (χ0) is 17.1. The maximum absolute atomic E-state index is 12.9. The van der Waals surface area contributed by atoms with Crippen LogP contribution in [-0.4, -0.2) is 22.2 Å². The van der Waals surface area contributed by atoms with Crippen molar-refractivity contribution in [2.45, 2.75) is 19.9 Å². The lowest BCUT2D eigenvalue weighted by molar-refractivity contribution is -0.113. The fourth-order valence-electron chi connectivity index (χ4n) is 2.31. The molecule has 0 radical (unpaired) electrons. The van der Waals surface area contributed by atoms with Crippen LogP contribution in [0, 0.1) is 0 Å². The molecule has 2 aromatic carbocycles. The number of carbonyl (C=O) groups excluding carboxylic acids is 1. The van der Waals surface area contributed by atoms with Crippen molar-refractivity contribution in [1.29, 1.82) is 0 Å². The molecule has 1 fully saturated rings. The zero-order valence-electron chi connectivity index (χ0n) is 13.5. The van der Waals surface area contributed by atoms with Crippen LogP contribution in [0.5, 0.6) is 5.75 Å². The van der Waals surface area contributed by atoms with Crippen LogP contribution in [0.3, 0.4) is 0 Å². The molecule has 122 valence electrons. The summed E-state index contributed by atoms with van der Waals surface area (Å²) in [5.41, 5.74) is 1.67. The molecule has 0 aromatic heterocycles. The molecular formula is C19H18N2O2S. The van der Waals surface area contributed by atoms with Crippen molar-refractivity contribution in [3.63, 3.8) is 0 Å². The molecule has 1 aliphatic heterocycles. The molecule has 1 aliphatic rings. The fraction of sp³-hybridized carbons (Fsp3) is 0.158. The van der Waals surface area contributed by atoms with E-state index in [0.29, 0.717) is 10.1 Å². The molecule has 4 nitrogen and oxygen atoms in total. The SMILES string of the molecule is CC(C)N=C1S/C(=C\c2ccc(O)cc2)C(=O)N1c1ccccc1. The first kappa shape index (κ1) is 16.3. The van der Waals surface area contributed by atoms with Crippen molar-refractivity contribution in [1.82, 2.24) is 0 Å². The van der Waals surface area contributed by atoms with Crippen LogP contribution in [0.25, 0.3) is 6.08 Å². The van der Waals surface area contributed by atoms with E-state index in [1.54, 1.807) is 29.2 Å². The largest absolute Gasteiger partial charge is 0.508 e. The Morgan fingerprint density at radius 1 is 1.08 bits per heavy atom. The summed E-state index contributed by atoms with van der Waals surface area (Å²) in [5, 5.41) is 10.1. The molecule has 0 bridgehead atoms. The number of amidine groups is 1. The Kier molecular flexibility index (Phi) is 4.71. The summed E-state index contributed by atoms with van der Waals surface area (Å²) < 4.78 is 0. The van der Waals surface area contributed by atoms with Gasteiger partial charge in [0.2, 0.25) is 0 Å². The topological polar surface area (TPSA) is 52.9 Å². The summed E-state index contributed by atoms with van der Waals surface area (Å²) in [4.78, 5) is 19.7. The summed E-state index contributed by atoms with van der Waals surface area (Å²) in [5.74, 6) is 0.120. The van der Waals surface area contributed by atoms with Crippen molar-refractivity contribution >= 4 is 34.6 Å². The fourth-order valence-corrected chi connectivity index (χ4v) is 3.42. The van der Waals surface area contributed by atoms with Crippen LogP contribution in [0.4, 0.5) is 5.69 Å². The minimum atomic E-state index is -0.0846. The Bertz CT molecular complexity index is 796. The molecule has 0 atom stereocenters. The van der Waals surface area contributed by atoms with Gasteiger partial charge in [-0.15, -0.1) is 0 Å². The number of thioether (sulfide) groups is 1. The van der Waals surface area contributed by atoms with Gasteiger partial charge in [-0.25, -0.2) is 0 Å². The van der Waals surface area contributed by atoms with E-state index < -0.39 is 0 Å². The van der Waals surface area contributed by atoms with Gasteiger partial charge in [0.1, 0.15) is 5.75 Å². The van der Waals surface area contributed by atoms with Gasteiger partial charge < -0.3 is 5.11 Å². The molecule has 1 amide bonds. The Labute approximate surface area is 145 Å². The molecule has 2 aromatic rings. The Morgan fingerprint density at radius 2 is 1.75 bits per heavy atom. The van der Waals surface area contributed by atoms with Gasteiger partial charge in [0.05, 0.1) is 10.6 Å². The standard InChI is InChI=1S/C19H18N2O2S/c1-13(2)20-19-21(15-6-4-3-5-7-15)18(23)17(24-19)12-14-8-10-16(22)11-9-14/h3-13,22H,1-2H3/b17-12-,20-19?. The number of phenolic OH excluding ortho intramolecular Hbond substituents is 1. The number of para-hydroxylation sites is 1. The lowest BCUT2D eigenvalue weighted by Crippen LogP contribution is -2.29. The summed E-state index contributed by atoms with van der Waals surface area (Å²) in [7, 11) is 0. The third kappa shape index (κ3) is 3.51. The van der Waals surface area contributed by atoms with Gasteiger partial charge in [-0.1, -0.05) is 30.3 Å². The number of benzene rings is 2. The third-order valence-corrected chi connectivity index (χ3v) is 4.36. The molecule has 5 heteroatoms. The maximum Gasteiger partial charge on any atom is 0.271 e. The monoisotopic (exact) mass is 338 g/mol. The molecule has 1 saturated heterocycles. The highest BCUT2D eigenvalue weighted by atomic mass is 32.2. The van der Waals surface area contributed by atoms with Crippen molar-refractivity contribution in [2.75, 3.05) is 4.90 Å². The van der Waals surface area contributed by atoms with Crippen LogP contribution in [-0.2, 0) is 4.79 Å². The summed E-state index contributed by atoms with van der Waals surface area (Å²) in [6.07, 6.45) is 1.82. The Balaban J connectivity index is 1.99. The Morgan fingerprint density at radius 3 is 2.38 bits per heavy atom. The van der Waals surface area contributed by atoms with Gasteiger partial charge in [-0.3, -0.25) is 14.7 Å². The van der Waals surface area contributed by atoms with Gasteiger partial charge in [0.15, 0.2) is 5.17 Å². The second kappa shape index (κ2) is 6.93. The van der Waals surface area contributed by atoms with Gasteiger partial charge in [-0.2, -0.15) is 0 Å². The predicted octanol–water partition coefficient (Wildman–Crippen LogP) is 4.28. The van der Waals surface area contributed by atoms with E-state index in [1.165, 1.54) is 11.8 Å². The highest BCUT2D eigenvalue weighted by Crippen LogP contribution is 2.36. The number of aromatic hydroxyl groups is 1. The minimum Gasteiger partial charge on any atom is -0.508 e. The number of carbonyl (C=O) groups is 1. The van der Waals surface area contributed by atoms with E-state index in [2.05, 4.69) is 4.99 Å². The molecular weight excluding hydrogens is 320 g/mol. The minimum absolute atomic E-state index is 0.0846. The van der Waals surface area contributed by atoms with Crippen molar-refractivity contribution in [2.24, 2.45) is 4.99 Å². The third-order valence-electron chi connectivity index (χ3n) is 3.38. The molecule has 0 aliphatic carbocycles. The smallest absolute Gasteiger partial charge is 0.271 e. The molecule has 24 heavy (non-hydrogen) atoms. The van der Waals surface area contributed by atoms with Crippen molar-refractivity contribution in [3.8, 4) is 5.75 Å². The Hall–Kier alpha value is -2.53. The molecule has 0 saturated carbocycles. The number of hydrogen-bond acceptors (Lipinski definition) is 4. The highest BCUT2D eigenvalue weighted by Gasteiger charge is 2.34. The van der Waals surface area contributed by atoms with Crippen LogP contribution in [0.2, 0.25) is 0 Å². The van der Waals surface area contributed by atoms with Crippen molar-refractivity contribution < 1.29 is 9.90 Å². The first-order valence-corrected chi connectivity index (χ1v) is 8.52. The van der Waals surface area contributed by atoms with E-state index in [9.17, 15) is 9.90 Å². The molecule has 0 unspecified atom stereocenters. The highest BCUT2D eigenvalue weighted by molar-refractivity contribution is 8.19. The van der Waals surface area contributed by atoms with E-state index >= 15 is 0 Å². The first-order valence-electron chi connectivity index (χ1n) is 7.70. The van der Waals surface area contributed by atoms with E-state index in [-0.39, 0.29) is 17.7 Å². The number of hydrogen-bond donors (Lipinski definition) is 1. The lowest BCUT2D eigenvalue weighted by atomic mass is 10.2. The zero-order valence-corrected chi connectivity index (χ0v) is 14.3. The molecule has 0 spiro atoms. The quantitative estimate of drug-likeness (QED) is 0.850. The van der Waals surface area contributed by atoms with E-state index in [1.807, 2.05) is 50.3 Å². The summed E-state index contributed by atoms with van der Waals surface area (Å²) in [6, 6.07) is 16.4. The van der Waals surface area contributed by atoms with Gasteiger partial charge in [0.25, 0.3) is 5.91 Å². The molecule has 1 N–H and O–H groups in total. The van der Waals surface area contributed by atoms with Crippen LogP contribution in [0.15, 0.2) is 64.5 Å². The van der Waals surface area contributed by atoms with Crippen LogP contribution >= 0.6 is 11.8 Å². The predicted molar refractivity (Wildman–Crippen MR) is 100 cm³/mol. The average Bonchev–Trinajstić information content (AvgIpc) is 2.85. The van der Waals surface area contributed by atoms with Crippen LogP contribution in [0.1, 0.15) is 19.4 Å². The average molecular weight is 338 g/mol. The number of rotatable bonds is 3.